The van der Waals surface area contributed by atoms with Crippen LogP contribution < -0.4 is 15.5 Å². The predicted octanol–water partition coefficient (Wildman–Crippen LogP) is 2.53. The van der Waals surface area contributed by atoms with Gasteiger partial charge in [0.25, 0.3) is 5.91 Å². The summed E-state index contributed by atoms with van der Waals surface area (Å²) in [6.07, 6.45) is 2.00. The number of nitrogens with one attached hydrogen (secondary N) is 2. The molecule has 2 aliphatic heterocycles. The maximum Gasteiger partial charge on any atom is 0.347 e. The highest BCUT2D eigenvalue weighted by atomic mass is 35.5. The molecular formula is C19H26ClN5O3S. The van der Waals surface area contributed by atoms with Crippen molar-refractivity contribution in [3.63, 3.8) is 0 Å². The van der Waals surface area contributed by atoms with Crippen molar-refractivity contribution >= 4 is 45.7 Å². The first-order valence-electron chi connectivity index (χ1n) is 9.79. The summed E-state index contributed by atoms with van der Waals surface area (Å²) in [7, 11) is 0. The number of thiazole rings is 1. The summed E-state index contributed by atoms with van der Waals surface area (Å²) in [5.41, 5.74) is 1.98. The molecule has 0 saturated carbocycles. The quantitative estimate of drug-likeness (QED) is 0.563. The number of carboxylic acids is 1. The Kier molecular flexibility index (Phi) is 6.92. The van der Waals surface area contributed by atoms with E-state index in [1.165, 1.54) is 11.3 Å². The number of amides is 1. The van der Waals surface area contributed by atoms with Gasteiger partial charge in [0.2, 0.25) is 0 Å². The number of halogens is 1. The Morgan fingerprint density at radius 3 is 2.69 bits per heavy atom. The van der Waals surface area contributed by atoms with Gasteiger partial charge in [0.1, 0.15) is 15.7 Å². The maximum atomic E-state index is 12.7. The van der Waals surface area contributed by atoms with E-state index in [2.05, 4.69) is 25.5 Å². The van der Waals surface area contributed by atoms with Crippen LogP contribution in [0.4, 0.5) is 5.13 Å². The Morgan fingerprint density at radius 1 is 1.34 bits per heavy atom. The van der Waals surface area contributed by atoms with Gasteiger partial charge in [-0.1, -0.05) is 36.8 Å². The number of hydrogen-bond acceptors (Lipinski definition) is 7. The van der Waals surface area contributed by atoms with Crippen molar-refractivity contribution in [2.75, 3.05) is 24.5 Å². The van der Waals surface area contributed by atoms with Crippen molar-refractivity contribution in [2.24, 2.45) is 4.99 Å². The van der Waals surface area contributed by atoms with Crippen molar-refractivity contribution in [1.82, 2.24) is 15.6 Å². The standard InChI is InChI=1S/C19H26ClN5O3S/c1-4-11-8-13(23-16(11)20)17(26)24-12-6-7-25(9-14(12)21-5-2)19-22-10(3)15(29-19)18(27)28/h12,14,21H,4-9H2,1-3H3,(H,24,26)(H,27,28)/t12-,14+/m1/s1. The number of piperidine rings is 1. The lowest BCUT2D eigenvalue weighted by molar-refractivity contribution is -0.115. The third-order valence-corrected chi connectivity index (χ3v) is 6.80. The number of aryl methyl sites for hydroxylation is 1. The smallest absolute Gasteiger partial charge is 0.347 e. The molecule has 1 amide bonds. The lowest BCUT2D eigenvalue weighted by atomic mass is 9.98. The zero-order valence-electron chi connectivity index (χ0n) is 16.8. The zero-order valence-corrected chi connectivity index (χ0v) is 18.4. The second-order valence-corrected chi connectivity index (χ2v) is 8.51. The largest absolute Gasteiger partial charge is 0.477 e. The molecule has 0 aliphatic carbocycles. The number of likely N-dealkylation sites (N-methyl/N-ethyl adjacent to an activating group) is 1. The molecule has 1 aromatic heterocycles. The van der Waals surface area contributed by atoms with Gasteiger partial charge in [-0.3, -0.25) is 4.79 Å². The minimum Gasteiger partial charge on any atom is -0.477 e. The van der Waals surface area contributed by atoms with Gasteiger partial charge in [0.05, 0.1) is 5.69 Å². The fourth-order valence-electron chi connectivity index (χ4n) is 3.65. The molecule has 3 heterocycles. The predicted molar refractivity (Wildman–Crippen MR) is 115 cm³/mol. The van der Waals surface area contributed by atoms with E-state index in [4.69, 9.17) is 11.6 Å². The van der Waals surface area contributed by atoms with Gasteiger partial charge >= 0.3 is 5.97 Å². The Balaban J connectivity index is 1.66. The van der Waals surface area contributed by atoms with Gasteiger partial charge in [-0.05, 0) is 31.9 Å². The number of carbonyl (C=O) groups excluding carboxylic acids is 1. The average Bonchev–Trinajstić information content (AvgIpc) is 3.26. The van der Waals surface area contributed by atoms with Crippen LogP contribution in [0.3, 0.4) is 0 Å². The van der Waals surface area contributed by atoms with Crippen LogP contribution in [-0.2, 0) is 4.79 Å². The second-order valence-electron chi connectivity index (χ2n) is 7.18. The molecule has 2 atom stereocenters. The summed E-state index contributed by atoms with van der Waals surface area (Å²) in [6, 6.07) is -0.0304. The number of aromatic nitrogens is 1. The van der Waals surface area contributed by atoms with E-state index in [0.717, 1.165) is 25.0 Å². The van der Waals surface area contributed by atoms with Crippen molar-refractivity contribution in [1.29, 1.82) is 0 Å². The van der Waals surface area contributed by atoms with E-state index in [1.54, 1.807) is 6.92 Å². The van der Waals surface area contributed by atoms with E-state index < -0.39 is 5.97 Å². The number of carboxylic acid groups (broad SMARTS) is 1. The summed E-state index contributed by atoms with van der Waals surface area (Å²) >= 11 is 7.30. The molecule has 1 aromatic rings. The molecule has 3 rings (SSSR count). The monoisotopic (exact) mass is 439 g/mol. The Labute approximate surface area is 179 Å². The van der Waals surface area contributed by atoms with Crippen molar-refractivity contribution in [2.45, 2.75) is 52.1 Å². The number of rotatable bonds is 7. The number of aromatic carboxylic acids is 1. The highest BCUT2D eigenvalue weighted by Crippen LogP contribution is 2.29. The molecule has 29 heavy (non-hydrogen) atoms. The molecule has 1 fully saturated rings. The van der Waals surface area contributed by atoms with Gasteiger partial charge < -0.3 is 20.6 Å². The molecule has 2 aliphatic rings. The first-order valence-corrected chi connectivity index (χ1v) is 11.0. The van der Waals surface area contributed by atoms with Crippen LogP contribution in [0.2, 0.25) is 0 Å². The molecule has 10 heteroatoms. The number of allylic oxidation sites excluding steroid dienone is 1. The summed E-state index contributed by atoms with van der Waals surface area (Å²) < 4.78 is 0. The van der Waals surface area contributed by atoms with Crippen LogP contribution in [0.5, 0.6) is 0 Å². The first kappa shape index (κ1) is 21.7. The molecule has 3 N–H and O–H groups in total. The summed E-state index contributed by atoms with van der Waals surface area (Å²) in [5, 5.41) is 17.0. The topological polar surface area (TPSA) is 107 Å². The fourth-order valence-corrected chi connectivity index (χ4v) is 4.89. The van der Waals surface area contributed by atoms with E-state index >= 15 is 0 Å². The SMILES string of the molecule is CCN[C@H]1CN(c2nc(C)c(C(=O)O)s2)CC[C@H]1NC(=O)C1=NC(Cl)=C(CC)C1. The molecule has 158 valence electrons. The van der Waals surface area contributed by atoms with Crippen LogP contribution in [-0.4, -0.2) is 59.4 Å². The van der Waals surface area contributed by atoms with Crippen molar-refractivity contribution < 1.29 is 14.7 Å². The first-order chi connectivity index (χ1) is 13.8. The highest BCUT2D eigenvalue weighted by molar-refractivity contribution is 7.17. The minimum atomic E-state index is -0.951. The van der Waals surface area contributed by atoms with Crippen molar-refractivity contribution in [3.8, 4) is 0 Å². The molecule has 1 saturated heterocycles. The van der Waals surface area contributed by atoms with Crippen LogP contribution in [0, 0.1) is 6.92 Å². The molecule has 0 spiro atoms. The molecule has 0 unspecified atom stereocenters. The van der Waals surface area contributed by atoms with Gasteiger partial charge in [-0.25, -0.2) is 14.8 Å². The molecule has 0 aromatic carbocycles. The molecule has 0 radical (unpaired) electrons. The lowest BCUT2D eigenvalue weighted by Crippen LogP contribution is -2.60. The summed E-state index contributed by atoms with van der Waals surface area (Å²) in [4.78, 5) is 35.0. The third-order valence-electron chi connectivity index (χ3n) is 5.24. The van der Waals surface area contributed by atoms with Gasteiger partial charge in [0, 0.05) is 31.6 Å². The van der Waals surface area contributed by atoms with Gasteiger partial charge in [0.15, 0.2) is 5.13 Å². The molecule has 0 bridgehead atoms. The third kappa shape index (κ3) is 4.79. The van der Waals surface area contributed by atoms with Gasteiger partial charge in [-0.15, -0.1) is 0 Å². The van der Waals surface area contributed by atoms with E-state index in [0.29, 0.717) is 41.2 Å². The number of aliphatic imine (C=N–C) groups is 1. The van der Waals surface area contributed by atoms with Crippen LogP contribution in [0.1, 0.15) is 48.5 Å². The van der Waals surface area contributed by atoms with Crippen LogP contribution >= 0.6 is 22.9 Å². The lowest BCUT2D eigenvalue weighted by Gasteiger charge is -2.39. The van der Waals surface area contributed by atoms with E-state index in [9.17, 15) is 14.7 Å². The molecule has 8 nitrogen and oxygen atoms in total. The zero-order chi connectivity index (χ0) is 21.1. The Bertz CT molecular complexity index is 866. The number of nitrogens with zero attached hydrogens (tertiary/aromatic N) is 3. The maximum absolute atomic E-state index is 12.7. The Morgan fingerprint density at radius 2 is 2.10 bits per heavy atom. The van der Waals surface area contributed by atoms with Gasteiger partial charge in [-0.2, -0.15) is 0 Å². The average molecular weight is 440 g/mol. The van der Waals surface area contributed by atoms with Crippen LogP contribution in [0.25, 0.3) is 0 Å². The number of carbonyl (C=O) groups is 2. The number of anilines is 1. The summed E-state index contributed by atoms with van der Waals surface area (Å²) in [6.45, 7) is 7.81. The van der Waals surface area contributed by atoms with Crippen molar-refractivity contribution in [3.05, 3.63) is 21.3 Å². The van der Waals surface area contributed by atoms with E-state index in [-0.39, 0.29) is 22.9 Å². The van der Waals surface area contributed by atoms with E-state index in [1.807, 2.05) is 13.8 Å². The highest BCUT2D eigenvalue weighted by Gasteiger charge is 2.33. The fraction of sp³-hybridized carbons (Fsp3) is 0.579. The Hall–Kier alpha value is -1.97. The second kappa shape index (κ2) is 9.23. The molecular weight excluding hydrogens is 414 g/mol. The summed E-state index contributed by atoms with van der Waals surface area (Å²) in [5.74, 6) is -1.13. The number of hydrogen-bond donors (Lipinski definition) is 3. The minimum absolute atomic E-state index is 0.0197. The van der Waals surface area contributed by atoms with Crippen LogP contribution in [0.15, 0.2) is 15.7 Å². The normalized spacial score (nSPS) is 22.1.